The average molecular weight is 238 g/mol. The van der Waals surface area contributed by atoms with Crippen LogP contribution >= 0.6 is 0 Å². The van der Waals surface area contributed by atoms with Gasteiger partial charge in [0.05, 0.1) is 6.61 Å². The quantitative estimate of drug-likeness (QED) is 0.668. The molecule has 1 heterocycles. The molecule has 0 aliphatic heterocycles. The van der Waals surface area contributed by atoms with Crippen molar-refractivity contribution in [1.82, 2.24) is 10.3 Å². The van der Waals surface area contributed by atoms with Gasteiger partial charge in [0.2, 0.25) is 0 Å². The Bertz CT molecular complexity index is 305. The number of ether oxygens (including phenoxy) is 2. The highest BCUT2D eigenvalue weighted by Crippen LogP contribution is 2.15. The van der Waals surface area contributed by atoms with Gasteiger partial charge >= 0.3 is 0 Å². The van der Waals surface area contributed by atoms with Gasteiger partial charge in [0.15, 0.2) is 0 Å². The van der Waals surface area contributed by atoms with E-state index in [0.717, 1.165) is 37.3 Å². The predicted molar refractivity (Wildman–Crippen MR) is 68.2 cm³/mol. The van der Waals surface area contributed by atoms with Gasteiger partial charge in [0.25, 0.3) is 0 Å². The normalized spacial score (nSPS) is 10.5. The van der Waals surface area contributed by atoms with Crippen LogP contribution in [0.2, 0.25) is 0 Å². The molecule has 1 aromatic rings. The summed E-state index contributed by atoms with van der Waals surface area (Å²) in [6, 6.07) is 1.89. The van der Waals surface area contributed by atoms with Crippen LogP contribution in [0.5, 0.6) is 5.75 Å². The summed E-state index contributed by atoms with van der Waals surface area (Å²) in [7, 11) is 1.91. The van der Waals surface area contributed by atoms with Crippen LogP contribution in [0.1, 0.15) is 25.3 Å². The minimum absolute atomic E-state index is 0.588. The smallest absolute Gasteiger partial charge is 0.126 e. The molecule has 0 aliphatic carbocycles. The van der Waals surface area contributed by atoms with Gasteiger partial charge in [0.1, 0.15) is 12.4 Å². The number of rotatable bonds is 9. The van der Waals surface area contributed by atoms with Crippen LogP contribution in [-0.4, -0.2) is 31.9 Å². The fourth-order valence-corrected chi connectivity index (χ4v) is 1.44. The van der Waals surface area contributed by atoms with Crippen LogP contribution in [0, 0.1) is 0 Å². The summed E-state index contributed by atoms with van der Waals surface area (Å²) >= 11 is 0. The molecule has 0 fully saturated rings. The van der Waals surface area contributed by atoms with Crippen LogP contribution in [0.15, 0.2) is 18.5 Å². The number of unbranched alkanes of at least 4 members (excludes halogenated alkanes) is 1. The van der Waals surface area contributed by atoms with E-state index in [1.165, 1.54) is 0 Å². The molecule has 0 aliphatic rings. The Kier molecular flexibility index (Phi) is 7.34. The lowest BCUT2D eigenvalue weighted by Crippen LogP contribution is -2.11. The molecule has 4 nitrogen and oxygen atoms in total. The number of nitrogens with one attached hydrogen (secondary N) is 1. The second-order valence-corrected chi connectivity index (χ2v) is 3.83. The minimum Gasteiger partial charge on any atom is -0.491 e. The summed E-state index contributed by atoms with van der Waals surface area (Å²) in [5.74, 6) is 0.883. The Morgan fingerprint density at radius 3 is 2.94 bits per heavy atom. The lowest BCUT2D eigenvalue weighted by Gasteiger charge is -2.10. The third kappa shape index (κ3) is 5.65. The Morgan fingerprint density at radius 1 is 1.29 bits per heavy atom. The lowest BCUT2D eigenvalue weighted by molar-refractivity contribution is 0.0977. The van der Waals surface area contributed by atoms with Crippen LogP contribution in [-0.2, 0) is 11.3 Å². The first kappa shape index (κ1) is 13.9. The van der Waals surface area contributed by atoms with Gasteiger partial charge in [-0.3, -0.25) is 4.98 Å². The van der Waals surface area contributed by atoms with Crippen LogP contribution in [0.25, 0.3) is 0 Å². The van der Waals surface area contributed by atoms with Gasteiger partial charge in [-0.05, 0) is 19.5 Å². The molecular formula is C13H22N2O2. The van der Waals surface area contributed by atoms with Crippen molar-refractivity contribution in [3.8, 4) is 5.75 Å². The van der Waals surface area contributed by atoms with Crippen molar-refractivity contribution >= 4 is 0 Å². The van der Waals surface area contributed by atoms with Gasteiger partial charge in [-0.15, -0.1) is 0 Å². The molecule has 1 rings (SSSR count). The van der Waals surface area contributed by atoms with Gasteiger partial charge in [-0.25, -0.2) is 0 Å². The molecule has 0 unspecified atom stereocenters. The topological polar surface area (TPSA) is 43.4 Å². The molecule has 1 aromatic heterocycles. The molecule has 0 aromatic carbocycles. The highest BCUT2D eigenvalue weighted by Gasteiger charge is 2.01. The Hall–Kier alpha value is -1.13. The maximum absolute atomic E-state index is 5.66. The van der Waals surface area contributed by atoms with E-state index in [9.17, 15) is 0 Å². The molecule has 0 amide bonds. The third-order valence-corrected chi connectivity index (χ3v) is 2.35. The van der Waals surface area contributed by atoms with Gasteiger partial charge in [-0.2, -0.15) is 0 Å². The van der Waals surface area contributed by atoms with E-state index in [0.29, 0.717) is 13.2 Å². The van der Waals surface area contributed by atoms with E-state index >= 15 is 0 Å². The molecule has 17 heavy (non-hydrogen) atoms. The number of pyridine rings is 1. The highest BCUT2D eigenvalue weighted by atomic mass is 16.5. The summed E-state index contributed by atoms with van der Waals surface area (Å²) in [5.41, 5.74) is 1.07. The maximum Gasteiger partial charge on any atom is 0.126 e. The predicted octanol–water partition coefficient (Wildman–Crippen LogP) is 2.00. The van der Waals surface area contributed by atoms with Crippen molar-refractivity contribution in [3.05, 3.63) is 24.0 Å². The summed E-state index contributed by atoms with van der Waals surface area (Å²) < 4.78 is 11.1. The Balaban J connectivity index is 2.25. The molecule has 0 spiro atoms. The SMILES string of the molecule is CCCCOCCOc1ccncc1CNC. The standard InChI is InChI=1S/C13H22N2O2/c1-3-4-7-16-8-9-17-13-5-6-15-11-12(13)10-14-2/h5-6,11,14H,3-4,7-10H2,1-2H3. The molecule has 0 bridgehead atoms. The molecule has 0 atom stereocenters. The van der Waals surface area contributed by atoms with Gasteiger partial charge < -0.3 is 14.8 Å². The Morgan fingerprint density at radius 2 is 2.18 bits per heavy atom. The molecule has 96 valence electrons. The third-order valence-electron chi connectivity index (χ3n) is 2.35. The molecule has 0 saturated heterocycles. The van der Waals surface area contributed by atoms with Crippen molar-refractivity contribution in [2.24, 2.45) is 0 Å². The van der Waals surface area contributed by atoms with Crippen molar-refractivity contribution < 1.29 is 9.47 Å². The van der Waals surface area contributed by atoms with Gasteiger partial charge in [0, 0.05) is 31.1 Å². The monoisotopic (exact) mass is 238 g/mol. The first-order valence-corrected chi connectivity index (χ1v) is 6.16. The van der Waals surface area contributed by atoms with E-state index < -0.39 is 0 Å². The zero-order valence-corrected chi connectivity index (χ0v) is 10.7. The largest absolute Gasteiger partial charge is 0.491 e. The molecule has 1 N–H and O–H groups in total. The maximum atomic E-state index is 5.66. The first-order chi connectivity index (χ1) is 8.38. The van der Waals surface area contributed by atoms with Crippen molar-refractivity contribution in [3.63, 3.8) is 0 Å². The fraction of sp³-hybridized carbons (Fsp3) is 0.615. The van der Waals surface area contributed by atoms with E-state index in [-0.39, 0.29) is 0 Å². The summed E-state index contributed by atoms with van der Waals surface area (Å²) in [6.07, 6.45) is 5.84. The van der Waals surface area contributed by atoms with Crippen LogP contribution < -0.4 is 10.1 Å². The Labute approximate surface area is 103 Å². The molecule has 4 heteroatoms. The number of aromatic nitrogens is 1. The number of hydrogen-bond donors (Lipinski definition) is 1. The zero-order valence-electron chi connectivity index (χ0n) is 10.7. The van der Waals surface area contributed by atoms with Crippen molar-refractivity contribution in [1.29, 1.82) is 0 Å². The molecule has 0 saturated carbocycles. The highest BCUT2D eigenvalue weighted by molar-refractivity contribution is 5.29. The van der Waals surface area contributed by atoms with E-state index in [1.54, 1.807) is 6.20 Å². The number of nitrogens with zero attached hydrogens (tertiary/aromatic N) is 1. The van der Waals surface area contributed by atoms with E-state index in [2.05, 4.69) is 17.2 Å². The van der Waals surface area contributed by atoms with Gasteiger partial charge in [-0.1, -0.05) is 13.3 Å². The minimum atomic E-state index is 0.588. The van der Waals surface area contributed by atoms with Crippen LogP contribution in [0.4, 0.5) is 0 Å². The number of hydrogen-bond acceptors (Lipinski definition) is 4. The summed E-state index contributed by atoms with van der Waals surface area (Å²) in [6.45, 7) is 4.96. The first-order valence-electron chi connectivity index (χ1n) is 6.16. The molecule has 0 radical (unpaired) electrons. The zero-order chi connectivity index (χ0) is 12.3. The van der Waals surface area contributed by atoms with Crippen molar-refractivity contribution in [2.75, 3.05) is 26.9 Å². The second kappa shape index (κ2) is 8.96. The average Bonchev–Trinajstić information content (AvgIpc) is 2.36. The molecular weight excluding hydrogens is 216 g/mol. The van der Waals surface area contributed by atoms with E-state index in [1.807, 2.05) is 19.3 Å². The fourth-order valence-electron chi connectivity index (χ4n) is 1.44. The van der Waals surface area contributed by atoms with E-state index in [4.69, 9.17) is 9.47 Å². The van der Waals surface area contributed by atoms with Crippen LogP contribution in [0.3, 0.4) is 0 Å². The summed E-state index contributed by atoms with van der Waals surface area (Å²) in [4.78, 5) is 4.08. The second-order valence-electron chi connectivity index (χ2n) is 3.83. The lowest BCUT2D eigenvalue weighted by atomic mass is 10.2. The van der Waals surface area contributed by atoms with Crippen molar-refractivity contribution in [2.45, 2.75) is 26.3 Å². The summed E-state index contributed by atoms with van der Waals surface area (Å²) in [5, 5.41) is 3.09.